The van der Waals surface area contributed by atoms with Gasteiger partial charge < -0.3 is 13.9 Å². The molecule has 1 heterocycles. The van der Waals surface area contributed by atoms with E-state index in [1.807, 2.05) is 50.2 Å². The van der Waals surface area contributed by atoms with Gasteiger partial charge in [-0.05, 0) is 82.1 Å². The molecule has 3 aromatic rings. The lowest BCUT2D eigenvalue weighted by Gasteiger charge is -2.06. The van der Waals surface area contributed by atoms with Crippen LogP contribution >= 0.6 is 31.9 Å². The highest BCUT2D eigenvalue weighted by atomic mass is 79.9. The third-order valence-corrected chi connectivity index (χ3v) is 4.62. The zero-order valence-corrected chi connectivity index (χ0v) is 16.9. The highest BCUT2D eigenvalue weighted by Crippen LogP contribution is 2.33. The van der Waals surface area contributed by atoms with Crippen LogP contribution in [-0.4, -0.2) is 23.4 Å². The summed E-state index contributed by atoms with van der Waals surface area (Å²) in [6.07, 6.45) is 0. The number of hydrogen-bond acceptors (Lipinski definition) is 5. The lowest BCUT2D eigenvalue weighted by Crippen LogP contribution is -1.92. The molecule has 0 fully saturated rings. The van der Waals surface area contributed by atoms with Gasteiger partial charge in [0.1, 0.15) is 11.5 Å². The molecule has 3 rings (SSSR count). The van der Waals surface area contributed by atoms with Crippen molar-refractivity contribution >= 4 is 31.9 Å². The van der Waals surface area contributed by atoms with Crippen LogP contribution < -0.4 is 9.47 Å². The Morgan fingerprint density at radius 1 is 0.800 bits per heavy atom. The topological polar surface area (TPSA) is 57.4 Å². The van der Waals surface area contributed by atoms with E-state index in [1.165, 1.54) is 0 Å². The average molecular weight is 468 g/mol. The molecular formula is C18H16Br2N2O3. The average Bonchev–Trinajstić information content (AvgIpc) is 3.09. The zero-order valence-electron chi connectivity index (χ0n) is 13.8. The zero-order chi connectivity index (χ0) is 17.8. The molecule has 0 amide bonds. The summed E-state index contributed by atoms with van der Waals surface area (Å²) in [5.41, 5.74) is 1.64. The van der Waals surface area contributed by atoms with Gasteiger partial charge >= 0.3 is 0 Å². The standard InChI is InChI=1S/C18H16Br2N2O3/c1-3-23-15-7-5-11(9-13(15)19)17-21-22-18(25-17)12-6-8-16(24-4-2)14(20)10-12/h5-10H,3-4H2,1-2H3. The molecule has 0 atom stereocenters. The van der Waals surface area contributed by atoms with Gasteiger partial charge in [0.25, 0.3) is 0 Å². The van der Waals surface area contributed by atoms with Crippen LogP contribution in [0.2, 0.25) is 0 Å². The molecule has 0 aliphatic rings. The fourth-order valence-electron chi connectivity index (χ4n) is 2.27. The van der Waals surface area contributed by atoms with Gasteiger partial charge in [-0.15, -0.1) is 10.2 Å². The van der Waals surface area contributed by atoms with Crippen LogP contribution in [0.15, 0.2) is 49.8 Å². The van der Waals surface area contributed by atoms with Crippen molar-refractivity contribution < 1.29 is 13.9 Å². The second-order valence-electron chi connectivity index (χ2n) is 5.07. The van der Waals surface area contributed by atoms with Crippen molar-refractivity contribution in [1.82, 2.24) is 10.2 Å². The lowest BCUT2D eigenvalue weighted by molar-refractivity contribution is 0.338. The number of hydrogen-bond donors (Lipinski definition) is 0. The summed E-state index contributed by atoms with van der Waals surface area (Å²) in [7, 11) is 0. The number of ether oxygens (including phenoxy) is 2. The largest absolute Gasteiger partial charge is 0.493 e. The highest BCUT2D eigenvalue weighted by Gasteiger charge is 2.13. The molecule has 0 bridgehead atoms. The molecule has 0 saturated heterocycles. The first-order valence-electron chi connectivity index (χ1n) is 7.81. The van der Waals surface area contributed by atoms with E-state index in [0.29, 0.717) is 25.0 Å². The second-order valence-corrected chi connectivity index (χ2v) is 6.78. The molecule has 0 saturated carbocycles. The molecule has 1 aromatic heterocycles. The number of halogens is 2. The first-order chi connectivity index (χ1) is 12.1. The Morgan fingerprint density at radius 3 is 1.60 bits per heavy atom. The maximum Gasteiger partial charge on any atom is 0.248 e. The van der Waals surface area contributed by atoms with Crippen molar-refractivity contribution in [2.45, 2.75) is 13.8 Å². The van der Waals surface area contributed by atoms with E-state index in [2.05, 4.69) is 42.1 Å². The summed E-state index contributed by atoms with van der Waals surface area (Å²) in [5, 5.41) is 8.29. The van der Waals surface area contributed by atoms with E-state index in [4.69, 9.17) is 13.9 Å². The molecule has 0 aliphatic carbocycles. The van der Waals surface area contributed by atoms with Crippen molar-refractivity contribution in [3.8, 4) is 34.4 Å². The fourth-order valence-corrected chi connectivity index (χ4v) is 3.26. The minimum Gasteiger partial charge on any atom is -0.493 e. The minimum atomic E-state index is 0.448. The first-order valence-corrected chi connectivity index (χ1v) is 9.40. The summed E-state index contributed by atoms with van der Waals surface area (Å²) in [4.78, 5) is 0. The molecular weight excluding hydrogens is 452 g/mol. The van der Waals surface area contributed by atoms with E-state index in [0.717, 1.165) is 31.6 Å². The molecule has 25 heavy (non-hydrogen) atoms. The third-order valence-electron chi connectivity index (χ3n) is 3.38. The second kappa shape index (κ2) is 8.01. The molecule has 5 nitrogen and oxygen atoms in total. The summed E-state index contributed by atoms with van der Waals surface area (Å²) < 4.78 is 18.5. The maximum atomic E-state index is 5.82. The Labute approximate surface area is 162 Å². The van der Waals surface area contributed by atoms with Crippen LogP contribution in [0.25, 0.3) is 22.9 Å². The molecule has 0 aliphatic heterocycles. The Bertz CT molecular complexity index is 811. The minimum absolute atomic E-state index is 0.448. The Morgan fingerprint density at radius 2 is 1.24 bits per heavy atom. The molecule has 0 unspecified atom stereocenters. The summed E-state index contributed by atoms with van der Waals surface area (Å²) in [5.74, 6) is 2.45. The first kappa shape index (κ1) is 17.9. The van der Waals surface area contributed by atoms with Crippen LogP contribution in [0.1, 0.15) is 13.8 Å². The quantitative estimate of drug-likeness (QED) is 0.463. The molecule has 0 spiro atoms. The van der Waals surface area contributed by atoms with Gasteiger partial charge in [0.15, 0.2) is 0 Å². The van der Waals surface area contributed by atoms with Gasteiger partial charge in [-0.1, -0.05) is 0 Å². The monoisotopic (exact) mass is 466 g/mol. The Kier molecular flexibility index (Phi) is 5.75. The highest BCUT2D eigenvalue weighted by molar-refractivity contribution is 9.10. The van der Waals surface area contributed by atoms with Crippen molar-refractivity contribution in [3.63, 3.8) is 0 Å². The van der Waals surface area contributed by atoms with Crippen molar-refractivity contribution in [2.75, 3.05) is 13.2 Å². The number of nitrogens with zero attached hydrogens (tertiary/aromatic N) is 2. The fraction of sp³-hybridized carbons (Fsp3) is 0.222. The van der Waals surface area contributed by atoms with Crippen molar-refractivity contribution in [2.24, 2.45) is 0 Å². The van der Waals surface area contributed by atoms with Gasteiger partial charge in [-0.2, -0.15) is 0 Å². The van der Waals surface area contributed by atoms with E-state index < -0.39 is 0 Å². The number of benzene rings is 2. The van der Waals surface area contributed by atoms with Gasteiger partial charge in [-0.3, -0.25) is 0 Å². The molecule has 2 aromatic carbocycles. The third kappa shape index (κ3) is 4.04. The molecule has 0 radical (unpaired) electrons. The summed E-state index contributed by atoms with van der Waals surface area (Å²) in [6, 6.07) is 11.3. The van der Waals surface area contributed by atoms with Crippen LogP contribution in [0.3, 0.4) is 0 Å². The predicted molar refractivity (Wildman–Crippen MR) is 103 cm³/mol. The molecule has 7 heteroatoms. The van der Waals surface area contributed by atoms with E-state index in [1.54, 1.807) is 0 Å². The van der Waals surface area contributed by atoms with Gasteiger partial charge in [0, 0.05) is 11.1 Å². The molecule has 0 N–H and O–H groups in total. The smallest absolute Gasteiger partial charge is 0.248 e. The number of aromatic nitrogens is 2. The summed E-state index contributed by atoms with van der Waals surface area (Å²) in [6.45, 7) is 5.10. The Balaban J connectivity index is 1.87. The van der Waals surface area contributed by atoms with Gasteiger partial charge in [-0.25, -0.2) is 0 Å². The van der Waals surface area contributed by atoms with Crippen LogP contribution in [0, 0.1) is 0 Å². The summed E-state index contributed by atoms with van der Waals surface area (Å²) >= 11 is 6.99. The van der Waals surface area contributed by atoms with Gasteiger partial charge in [0.05, 0.1) is 22.2 Å². The number of rotatable bonds is 6. The SMILES string of the molecule is CCOc1ccc(-c2nnc(-c3ccc(OCC)c(Br)c3)o2)cc1Br. The normalized spacial score (nSPS) is 10.7. The molecule has 130 valence electrons. The van der Waals surface area contributed by atoms with Gasteiger partial charge in [0.2, 0.25) is 11.8 Å². The Hall–Kier alpha value is -1.86. The van der Waals surface area contributed by atoms with E-state index in [9.17, 15) is 0 Å². The maximum absolute atomic E-state index is 5.82. The van der Waals surface area contributed by atoms with E-state index in [-0.39, 0.29) is 0 Å². The van der Waals surface area contributed by atoms with Crippen LogP contribution in [0.4, 0.5) is 0 Å². The lowest BCUT2D eigenvalue weighted by atomic mass is 10.2. The van der Waals surface area contributed by atoms with Crippen molar-refractivity contribution in [3.05, 3.63) is 45.3 Å². The predicted octanol–water partition coefficient (Wildman–Crippen LogP) is 5.73. The van der Waals surface area contributed by atoms with E-state index >= 15 is 0 Å². The van der Waals surface area contributed by atoms with Crippen molar-refractivity contribution in [1.29, 1.82) is 0 Å². The van der Waals surface area contributed by atoms with Crippen LogP contribution in [0.5, 0.6) is 11.5 Å². The van der Waals surface area contributed by atoms with Crippen LogP contribution in [-0.2, 0) is 0 Å².